The maximum Gasteiger partial charge on any atom is 0.0689 e. The fourth-order valence-corrected chi connectivity index (χ4v) is 7.61. The molecule has 0 N–H and O–H groups in total. The van der Waals surface area contributed by atoms with Crippen molar-refractivity contribution in [2.75, 3.05) is 0 Å². The van der Waals surface area contributed by atoms with Gasteiger partial charge in [-0.1, -0.05) is 104 Å². The molecule has 0 aromatic rings. The first kappa shape index (κ1) is 27.6. The predicted octanol–water partition coefficient (Wildman–Crippen LogP) is 10.1. The summed E-state index contributed by atoms with van der Waals surface area (Å²) in [6.07, 6.45) is 28.1. The number of nitriles is 2. The van der Waals surface area contributed by atoms with Crippen molar-refractivity contribution in [3.8, 4) is 12.1 Å². The van der Waals surface area contributed by atoms with Crippen LogP contribution >= 0.6 is 0 Å². The summed E-state index contributed by atoms with van der Waals surface area (Å²) < 4.78 is 0. The van der Waals surface area contributed by atoms with E-state index in [9.17, 15) is 10.5 Å². The molecule has 0 heterocycles. The molecule has 0 aromatic heterocycles. The molecule has 3 rings (SSSR count). The van der Waals surface area contributed by atoms with Crippen LogP contribution in [0.1, 0.15) is 155 Å². The van der Waals surface area contributed by atoms with E-state index in [1.165, 1.54) is 103 Å². The molecule has 0 spiro atoms. The molecule has 0 unspecified atom stereocenters. The maximum atomic E-state index is 10.1. The topological polar surface area (TPSA) is 47.6 Å². The lowest BCUT2D eigenvalue weighted by molar-refractivity contribution is 0.119. The highest BCUT2D eigenvalue weighted by atomic mass is 14.5. The summed E-state index contributed by atoms with van der Waals surface area (Å²) in [4.78, 5) is 0. The molecule has 0 radical (unpaired) electrons. The van der Waals surface area contributed by atoms with Crippen molar-refractivity contribution in [3.05, 3.63) is 0 Å². The van der Waals surface area contributed by atoms with Gasteiger partial charge in [0.15, 0.2) is 0 Å². The van der Waals surface area contributed by atoms with Gasteiger partial charge in [-0.05, 0) is 75.0 Å². The molecular formula is C32H54N2. The molecule has 34 heavy (non-hydrogen) atoms. The zero-order chi connectivity index (χ0) is 24.3. The minimum atomic E-state index is -0.142. The van der Waals surface area contributed by atoms with Crippen LogP contribution in [0.5, 0.6) is 0 Å². The van der Waals surface area contributed by atoms with Crippen LogP contribution in [0, 0.1) is 57.2 Å². The van der Waals surface area contributed by atoms with E-state index in [0.29, 0.717) is 0 Å². The molecular weight excluding hydrogens is 412 g/mol. The third kappa shape index (κ3) is 8.00. The van der Waals surface area contributed by atoms with Crippen LogP contribution in [0.15, 0.2) is 0 Å². The first-order valence-electron chi connectivity index (χ1n) is 15.4. The summed E-state index contributed by atoms with van der Waals surface area (Å²) in [7, 11) is 0. The summed E-state index contributed by atoms with van der Waals surface area (Å²) in [6, 6.07) is 5.55. The third-order valence-corrected chi connectivity index (χ3v) is 10.6. The van der Waals surface area contributed by atoms with Gasteiger partial charge < -0.3 is 0 Å². The number of rotatable bonds is 12. The van der Waals surface area contributed by atoms with Crippen LogP contribution in [0.3, 0.4) is 0 Å². The third-order valence-electron chi connectivity index (χ3n) is 10.6. The van der Waals surface area contributed by atoms with Gasteiger partial charge in [-0.2, -0.15) is 10.5 Å². The van der Waals surface area contributed by atoms with E-state index in [0.717, 1.165) is 62.2 Å². The highest BCUT2D eigenvalue weighted by Gasteiger charge is 2.43. The summed E-state index contributed by atoms with van der Waals surface area (Å²) in [6.45, 7) is 4.61. The Balaban J connectivity index is 1.39. The second-order valence-electron chi connectivity index (χ2n) is 12.9. The van der Waals surface area contributed by atoms with Crippen LogP contribution in [-0.4, -0.2) is 0 Å². The minimum absolute atomic E-state index is 0.142. The van der Waals surface area contributed by atoms with Crippen molar-refractivity contribution >= 4 is 0 Å². The van der Waals surface area contributed by atoms with E-state index in [2.05, 4.69) is 26.0 Å². The molecule has 3 saturated carbocycles. The molecule has 3 aliphatic rings. The van der Waals surface area contributed by atoms with Crippen molar-refractivity contribution in [1.82, 2.24) is 0 Å². The molecule has 192 valence electrons. The van der Waals surface area contributed by atoms with E-state index < -0.39 is 0 Å². The van der Waals surface area contributed by atoms with Crippen molar-refractivity contribution in [3.63, 3.8) is 0 Å². The lowest BCUT2D eigenvalue weighted by Gasteiger charge is -2.41. The first-order valence-corrected chi connectivity index (χ1v) is 15.4. The van der Waals surface area contributed by atoms with Gasteiger partial charge in [0.2, 0.25) is 0 Å². The fraction of sp³-hybridized carbons (Fsp3) is 0.938. The zero-order valence-corrected chi connectivity index (χ0v) is 22.8. The van der Waals surface area contributed by atoms with Gasteiger partial charge in [0, 0.05) is 0 Å². The molecule has 0 amide bonds. The van der Waals surface area contributed by atoms with Crippen molar-refractivity contribution < 1.29 is 0 Å². The van der Waals surface area contributed by atoms with Crippen molar-refractivity contribution in [2.45, 2.75) is 155 Å². The Bertz CT molecular complexity index is 585. The van der Waals surface area contributed by atoms with E-state index in [1.54, 1.807) is 0 Å². The van der Waals surface area contributed by atoms with Gasteiger partial charge in [-0.25, -0.2) is 0 Å². The summed E-state index contributed by atoms with van der Waals surface area (Å²) in [5.74, 6) is 3.63. The van der Waals surface area contributed by atoms with Gasteiger partial charge in [-0.15, -0.1) is 0 Å². The predicted molar refractivity (Wildman–Crippen MR) is 143 cm³/mol. The Morgan fingerprint density at radius 2 is 0.824 bits per heavy atom. The minimum Gasteiger partial charge on any atom is -0.198 e. The molecule has 3 fully saturated rings. The van der Waals surface area contributed by atoms with E-state index in [4.69, 9.17) is 0 Å². The quantitative estimate of drug-likeness (QED) is 0.287. The molecule has 0 saturated heterocycles. The Hall–Kier alpha value is -1.02. The highest BCUT2D eigenvalue weighted by molar-refractivity contribution is 5.10. The molecule has 0 aromatic carbocycles. The molecule has 0 bridgehead atoms. The van der Waals surface area contributed by atoms with E-state index >= 15 is 0 Å². The number of hydrogen-bond donors (Lipinski definition) is 0. The fourth-order valence-electron chi connectivity index (χ4n) is 7.61. The Morgan fingerprint density at radius 1 is 0.529 bits per heavy atom. The maximum absolute atomic E-state index is 10.1. The largest absolute Gasteiger partial charge is 0.198 e. The van der Waals surface area contributed by atoms with Crippen LogP contribution in [-0.2, 0) is 0 Å². The molecule has 2 heteroatoms. The lowest BCUT2D eigenvalue weighted by atomic mass is 9.60. The number of hydrogen-bond acceptors (Lipinski definition) is 2. The monoisotopic (exact) mass is 466 g/mol. The molecule has 0 atom stereocenters. The molecule has 3 aliphatic carbocycles. The van der Waals surface area contributed by atoms with Crippen LogP contribution in [0.25, 0.3) is 0 Å². The summed E-state index contributed by atoms with van der Waals surface area (Å²) >= 11 is 0. The Kier molecular flexibility index (Phi) is 11.3. The van der Waals surface area contributed by atoms with Gasteiger partial charge >= 0.3 is 0 Å². The van der Waals surface area contributed by atoms with Crippen LogP contribution in [0.2, 0.25) is 0 Å². The second-order valence-corrected chi connectivity index (χ2v) is 12.9. The lowest BCUT2D eigenvalue weighted by Crippen LogP contribution is -2.34. The average molecular weight is 467 g/mol. The number of nitrogens with zero attached hydrogens (tertiary/aromatic N) is 2. The molecule has 2 nitrogen and oxygen atoms in total. The van der Waals surface area contributed by atoms with E-state index in [-0.39, 0.29) is 10.8 Å². The van der Waals surface area contributed by atoms with Crippen molar-refractivity contribution in [2.24, 2.45) is 34.5 Å². The SMILES string of the molecule is CCCCC1CCC(CCC2(C#N)CCC(C#N)(CCC3CCC(CCCC)CC3)CC2)CC1. The van der Waals surface area contributed by atoms with E-state index in [1.807, 2.05) is 0 Å². The average Bonchev–Trinajstić information content (AvgIpc) is 2.90. The van der Waals surface area contributed by atoms with Gasteiger partial charge in [0.1, 0.15) is 0 Å². The van der Waals surface area contributed by atoms with Crippen LogP contribution in [0.4, 0.5) is 0 Å². The van der Waals surface area contributed by atoms with Crippen LogP contribution < -0.4 is 0 Å². The van der Waals surface area contributed by atoms with Crippen molar-refractivity contribution in [1.29, 1.82) is 10.5 Å². The Morgan fingerprint density at radius 3 is 1.09 bits per heavy atom. The summed E-state index contributed by atoms with van der Waals surface area (Å²) in [5, 5.41) is 20.3. The normalized spacial score (nSPS) is 36.5. The zero-order valence-electron chi connectivity index (χ0n) is 22.8. The van der Waals surface area contributed by atoms with Gasteiger partial charge in [-0.3, -0.25) is 0 Å². The molecule has 0 aliphatic heterocycles. The van der Waals surface area contributed by atoms with Gasteiger partial charge in [0.25, 0.3) is 0 Å². The second kappa shape index (κ2) is 13.9. The summed E-state index contributed by atoms with van der Waals surface area (Å²) in [5.41, 5.74) is -0.284. The van der Waals surface area contributed by atoms with Gasteiger partial charge in [0.05, 0.1) is 23.0 Å². The standard InChI is InChI=1S/C32H54N2/c1-3-5-7-27-9-13-29(14-10-27)17-19-31(25-33)21-23-32(26-34,24-22-31)20-18-30-15-11-28(12-16-30)8-6-4-2/h27-30H,3-24H2,1-2H3. The first-order chi connectivity index (χ1) is 16.6. The smallest absolute Gasteiger partial charge is 0.0689 e. The highest BCUT2D eigenvalue weighted by Crippen LogP contribution is 2.51. The number of unbranched alkanes of at least 4 members (excludes halogenated alkanes) is 2. The Labute approximate surface area is 212 Å².